The Hall–Kier alpha value is -2.74. The molecule has 1 aromatic carbocycles. The standard InChI is InChI=1S/C21H25NO6S/c1-5-10-27-16-9-8-15(11-17(16)26-7-3)12-18-20(24)22(21(25)29-18)13-19(23)28-14(4)6-2/h5,8-9,11-12,14H,1,6-7,10,13H2,2-4H3/b18-12+/t14-/m1/s1. The Morgan fingerprint density at radius 3 is 2.66 bits per heavy atom. The zero-order valence-corrected chi connectivity index (χ0v) is 17.6. The molecule has 0 bridgehead atoms. The van der Waals surface area contributed by atoms with E-state index in [1.165, 1.54) is 0 Å². The van der Waals surface area contributed by atoms with Crippen molar-refractivity contribution in [2.24, 2.45) is 0 Å². The van der Waals surface area contributed by atoms with Gasteiger partial charge in [0.25, 0.3) is 11.1 Å². The quantitative estimate of drug-likeness (QED) is 0.322. The van der Waals surface area contributed by atoms with Crippen LogP contribution in [-0.4, -0.2) is 47.9 Å². The number of esters is 1. The van der Waals surface area contributed by atoms with Crippen LogP contribution in [0, 0.1) is 0 Å². The van der Waals surface area contributed by atoms with E-state index in [4.69, 9.17) is 14.2 Å². The average molecular weight is 419 g/mol. The molecule has 0 saturated carbocycles. The van der Waals surface area contributed by atoms with E-state index in [-0.39, 0.29) is 11.0 Å². The van der Waals surface area contributed by atoms with Crippen molar-refractivity contribution in [3.05, 3.63) is 41.3 Å². The molecule has 1 saturated heterocycles. The summed E-state index contributed by atoms with van der Waals surface area (Å²) in [5.41, 5.74) is 0.673. The molecule has 8 heteroatoms. The van der Waals surface area contributed by atoms with E-state index in [0.717, 1.165) is 16.7 Å². The van der Waals surface area contributed by atoms with Crippen molar-refractivity contribution in [1.29, 1.82) is 0 Å². The number of hydrogen-bond donors (Lipinski definition) is 0. The molecule has 1 aliphatic rings. The molecule has 1 aliphatic heterocycles. The molecule has 29 heavy (non-hydrogen) atoms. The average Bonchev–Trinajstić information content (AvgIpc) is 2.94. The monoisotopic (exact) mass is 419 g/mol. The van der Waals surface area contributed by atoms with Gasteiger partial charge in [-0.3, -0.25) is 19.3 Å². The normalized spacial score (nSPS) is 16.1. The third kappa shape index (κ3) is 6.12. The summed E-state index contributed by atoms with van der Waals surface area (Å²) >= 11 is 0.786. The fraction of sp³-hybridized carbons (Fsp3) is 0.381. The van der Waals surface area contributed by atoms with Crippen molar-refractivity contribution >= 4 is 35.0 Å². The molecule has 0 aromatic heterocycles. The van der Waals surface area contributed by atoms with Crippen molar-refractivity contribution < 1.29 is 28.6 Å². The number of thioether (sulfide) groups is 1. The predicted molar refractivity (Wildman–Crippen MR) is 112 cm³/mol. The Bertz CT molecular complexity index is 819. The summed E-state index contributed by atoms with van der Waals surface area (Å²) in [5.74, 6) is -0.0412. The van der Waals surface area contributed by atoms with Gasteiger partial charge in [0, 0.05) is 0 Å². The summed E-state index contributed by atoms with van der Waals surface area (Å²) in [6, 6.07) is 5.22. The van der Waals surface area contributed by atoms with Gasteiger partial charge < -0.3 is 14.2 Å². The zero-order valence-electron chi connectivity index (χ0n) is 16.8. The lowest BCUT2D eigenvalue weighted by atomic mass is 10.2. The summed E-state index contributed by atoms with van der Waals surface area (Å²) in [6.45, 7) is 9.49. The molecule has 1 aromatic rings. The van der Waals surface area contributed by atoms with Crippen LogP contribution in [0.25, 0.3) is 6.08 Å². The molecule has 0 aliphatic carbocycles. The highest BCUT2D eigenvalue weighted by Crippen LogP contribution is 2.34. The van der Waals surface area contributed by atoms with E-state index in [1.807, 2.05) is 13.8 Å². The van der Waals surface area contributed by atoms with Crippen LogP contribution in [0.15, 0.2) is 35.8 Å². The number of rotatable bonds is 10. The van der Waals surface area contributed by atoms with Gasteiger partial charge >= 0.3 is 5.97 Å². The first-order chi connectivity index (χ1) is 13.9. The molecular weight excluding hydrogens is 394 g/mol. The molecule has 0 radical (unpaired) electrons. The fourth-order valence-corrected chi connectivity index (χ4v) is 3.25. The van der Waals surface area contributed by atoms with Crippen molar-refractivity contribution in [1.82, 2.24) is 4.90 Å². The predicted octanol–water partition coefficient (Wildman–Crippen LogP) is 4.03. The summed E-state index contributed by atoms with van der Waals surface area (Å²) in [7, 11) is 0. The molecule has 0 N–H and O–H groups in total. The molecule has 0 spiro atoms. The van der Waals surface area contributed by atoms with Gasteiger partial charge in [0.15, 0.2) is 11.5 Å². The van der Waals surface area contributed by atoms with E-state index in [1.54, 1.807) is 37.3 Å². The number of nitrogens with zero attached hydrogens (tertiary/aromatic N) is 1. The van der Waals surface area contributed by atoms with Gasteiger partial charge in [0.05, 0.1) is 17.6 Å². The topological polar surface area (TPSA) is 82.1 Å². The van der Waals surface area contributed by atoms with Crippen LogP contribution in [0.3, 0.4) is 0 Å². The first-order valence-corrected chi connectivity index (χ1v) is 10.2. The minimum atomic E-state index is -0.606. The highest BCUT2D eigenvalue weighted by atomic mass is 32.2. The molecule has 2 rings (SSSR count). The van der Waals surface area contributed by atoms with Gasteiger partial charge in [-0.15, -0.1) is 0 Å². The van der Waals surface area contributed by atoms with Gasteiger partial charge in [-0.25, -0.2) is 0 Å². The van der Waals surface area contributed by atoms with Crippen LogP contribution in [0.4, 0.5) is 4.79 Å². The lowest BCUT2D eigenvalue weighted by Crippen LogP contribution is -2.35. The Labute approximate surface area is 174 Å². The van der Waals surface area contributed by atoms with Crippen molar-refractivity contribution in [3.8, 4) is 11.5 Å². The van der Waals surface area contributed by atoms with Crippen LogP contribution in [0.5, 0.6) is 11.5 Å². The third-order valence-corrected chi connectivity index (χ3v) is 4.90. The van der Waals surface area contributed by atoms with Gasteiger partial charge in [-0.2, -0.15) is 0 Å². The maximum Gasteiger partial charge on any atom is 0.326 e. The van der Waals surface area contributed by atoms with E-state index in [2.05, 4.69) is 6.58 Å². The number of imide groups is 1. The second-order valence-electron chi connectivity index (χ2n) is 6.22. The number of ether oxygens (including phenoxy) is 3. The van der Waals surface area contributed by atoms with Gasteiger partial charge in [-0.05, 0) is 55.8 Å². The van der Waals surface area contributed by atoms with Crippen LogP contribution in [-0.2, 0) is 14.3 Å². The second-order valence-corrected chi connectivity index (χ2v) is 7.21. The lowest BCUT2D eigenvalue weighted by Gasteiger charge is -2.14. The van der Waals surface area contributed by atoms with E-state index in [9.17, 15) is 14.4 Å². The molecule has 0 unspecified atom stereocenters. The number of amides is 2. The summed E-state index contributed by atoms with van der Waals surface area (Å²) < 4.78 is 16.3. The Morgan fingerprint density at radius 1 is 1.24 bits per heavy atom. The molecule has 1 atom stereocenters. The van der Waals surface area contributed by atoms with Crippen LogP contribution >= 0.6 is 11.8 Å². The summed E-state index contributed by atoms with van der Waals surface area (Å²) in [6.07, 6.45) is 3.61. The number of carbonyl (C=O) groups is 3. The van der Waals surface area contributed by atoms with E-state index < -0.39 is 23.7 Å². The van der Waals surface area contributed by atoms with Crippen LogP contribution in [0.1, 0.15) is 32.8 Å². The first-order valence-electron chi connectivity index (χ1n) is 9.34. The first kappa shape index (κ1) is 22.5. The fourth-order valence-electron chi connectivity index (χ4n) is 2.41. The van der Waals surface area contributed by atoms with E-state index >= 15 is 0 Å². The lowest BCUT2D eigenvalue weighted by molar-refractivity contribution is -0.150. The smallest absolute Gasteiger partial charge is 0.326 e. The van der Waals surface area contributed by atoms with Crippen LogP contribution < -0.4 is 9.47 Å². The summed E-state index contributed by atoms with van der Waals surface area (Å²) in [5, 5.41) is -0.502. The zero-order chi connectivity index (χ0) is 21.4. The maximum absolute atomic E-state index is 12.6. The second kappa shape index (κ2) is 10.7. The van der Waals surface area contributed by atoms with Gasteiger partial charge in [-0.1, -0.05) is 25.6 Å². The van der Waals surface area contributed by atoms with Gasteiger partial charge in [0.1, 0.15) is 13.2 Å². The van der Waals surface area contributed by atoms with Crippen LogP contribution in [0.2, 0.25) is 0 Å². The number of benzene rings is 1. The number of carbonyl (C=O) groups excluding carboxylic acids is 3. The summed E-state index contributed by atoms with van der Waals surface area (Å²) in [4.78, 5) is 37.8. The SMILES string of the molecule is C=CCOc1ccc(/C=C2/SC(=O)N(CC(=O)O[C@H](C)CC)C2=O)cc1OCC. The Balaban J connectivity index is 2.16. The minimum absolute atomic E-state index is 0.230. The minimum Gasteiger partial charge on any atom is -0.490 e. The van der Waals surface area contributed by atoms with E-state index in [0.29, 0.717) is 36.7 Å². The van der Waals surface area contributed by atoms with Crippen molar-refractivity contribution in [2.45, 2.75) is 33.3 Å². The molecule has 7 nitrogen and oxygen atoms in total. The molecule has 156 valence electrons. The maximum atomic E-state index is 12.6. The third-order valence-electron chi connectivity index (χ3n) is 3.99. The molecule has 1 fully saturated rings. The molecule has 2 amide bonds. The van der Waals surface area contributed by atoms with Crippen molar-refractivity contribution in [3.63, 3.8) is 0 Å². The largest absolute Gasteiger partial charge is 0.490 e. The molecule has 1 heterocycles. The molecular formula is C21H25NO6S. The van der Waals surface area contributed by atoms with Gasteiger partial charge in [0.2, 0.25) is 0 Å². The Morgan fingerprint density at radius 2 is 2.00 bits per heavy atom. The highest BCUT2D eigenvalue weighted by Gasteiger charge is 2.36. The van der Waals surface area contributed by atoms with Crippen molar-refractivity contribution in [2.75, 3.05) is 19.8 Å². The highest BCUT2D eigenvalue weighted by molar-refractivity contribution is 8.18. The number of hydrogen-bond acceptors (Lipinski definition) is 7. The Kier molecular flexibility index (Phi) is 8.33.